The van der Waals surface area contributed by atoms with Gasteiger partial charge < -0.3 is 15.4 Å². The number of carbonyl (C=O) groups is 2. The Bertz CT molecular complexity index is 659. The molecule has 1 aromatic carbocycles. The standard InChI is InChI=1S/C17H20F2N2O3/c1-9-4-5-10(18)14(15(9)19)17(23)20-11-6-7-13(22)21-16(11)12-3-2-8-24-12/h4-5,11-12,16H,2-3,6-8H2,1H3,(H,20,23)(H,21,22)/t11-,12+,16-/m1/s1. The van der Waals surface area contributed by atoms with Gasteiger partial charge in [-0.15, -0.1) is 0 Å². The molecule has 0 spiro atoms. The molecule has 1 aromatic rings. The molecule has 7 heteroatoms. The van der Waals surface area contributed by atoms with Crippen molar-refractivity contribution in [3.8, 4) is 0 Å². The molecule has 130 valence electrons. The van der Waals surface area contributed by atoms with E-state index in [1.165, 1.54) is 13.0 Å². The van der Waals surface area contributed by atoms with E-state index in [1.54, 1.807) is 0 Å². The number of aryl methyl sites for hydroxylation is 1. The minimum absolute atomic E-state index is 0.103. The van der Waals surface area contributed by atoms with E-state index in [9.17, 15) is 18.4 Å². The lowest BCUT2D eigenvalue weighted by Gasteiger charge is -2.36. The van der Waals surface area contributed by atoms with Crippen molar-refractivity contribution in [3.05, 3.63) is 34.9 Å². The van der Waals surface area contributed by atoms with Gasteiger partial charge in [-0.3, -0.25) is 9.59 Å². The summed E-state index contributed by atoms with van der Waals surface area (Å²) >= 11 is 0. The second-order valence-corrected chi connectivity index (χ2v) is 6.32. The SMILES string of the molecule is Cc1ccc(F)c(C(=O)N[C@@H]2CCC(=O)N[C@H]2[C@@H]2CCCO2)c1F. The zero-order valence-electron chi connectivity index (χ0n) is 13.4. The summed E-state index contributed by atoms with van der Waals surface area (Å²) in [5.74, 6) is -2.67. The van der Waals surface area contributed by atoms with E-state index < -0.39 is 29.1 Å². The Morgan fingerprint density at radius 3 is 2.83 bits per heavy atom. The number of benzene rings is 1. The maximum atomic E-state index is 14.1. The van der Waals surface area contributed by atoms with Crippen molar-refractivity contribution in [2.75, 3.05) is 6.61 Å². The lowest BCUT2D eigenvalue weighted by atomic mass is 9.92. The van der Waals surface area contributed by atoms with Crippen LogP contribution >= 0.6 is 0 Å². The molecule has 3 rings (SSSR count). The highest BCUT2D eigenvalue weighted by Crippen LogP contribution is 2.23. The number of hydrogen-bond donors (Lipinski definition) is 2. The first-order chi connectivity index (χ1) is 11.5. The summed E-state index contributed by atoms with van der Waals surface area (Å²) in [4.78, 5) is 24.1. The third kappa shape index (κ3) is 3.26. The van der Waals surface area contributed by atoms with Crippen molar-refractivity contribution >= 4 is 11.8 Å². The van der Waals surface area contributed by atoms with Crippen molar-refractivity contribution in [1.29, 1.82) is 0 Å². The molecule has 2 saturated heterocycles. The van der Waals surface area contributed by atoms with Crippen molar-refractivity contribution in [2.24, 2.45) is 0 Å². The molecule has 0 radical (unpaired) electrons. The largest absolute Gasteiger partial charge is 0.376 e. The van der Waals surface area contributed by atoms with Gasteiger partial charge in [0.2, 0.25) is 5.91 Å². The number of rotatable bonds is 3. The van der Waals surface area contributed by atoms with Gasteiger partial charge in [0.15, 0.2) is 0 Å². The van der Waals surface area contributed by atoms with Crippen molar-refractivity contribution in [3.63, 3.8) is 0 Å². The van der Waals surface area contributed by atoms with Gasteiger partial charge in [0, 0.05) is 13.0 Å². The van der Waals surface area contributed by atoms with Gasteiger partial charge in [-0.25, -0.2) is 8.78 Å². The fraction of sp³-hybridized carbons (Fsp3) is 0.529. The van der Waals surface area contributed by atoms with Crippen LogP contribution in [0.3, 0.4) is 0 Å². The van der Waals surface area contributed by atoms with Crippen LogP contribution in [0.2, 0.25) is 0 Å². The van der Waals surface area contributed by atoms with Crippen LogP contribution in [0.25, 0.3) is 0 Å². The zero-order chi connectivity index (χ0) is 17.3. The first-order valence-corrected chi connectivity index (χ1v) is 8.14. The van der Waals surface area contributed by atoms with Crippen LogP contribution in [0.1, 0.15) is 41.6 Å². The van der Waals surface area contributed by atoms with Gasteiger partial charge >= 0.3 is 0 Å². The number of piperidine rings is 1. The summed E-state index contributed by atoms with van der Waals surface area (Å²) in [7, 11) is 0. The number of amides is 2. The summed E-state index contributed by atoms with van der Waals surface area (Å²) in [5.41, 5.74) is -0.382. The number of carbonyl (C=O) groups excluding carboxylic acids is 2. The van der Waals surface area contributed by atoms with E-state index in [0.717, 1.165) is 18.9 Å². The minimum Gasteiger partial charge on any atom is -0.376 e. The summed E-state index contributed by atoms with van der Waals surface area (Å²) < 4.78 is 33.6. The Morgan fingerprint density at radius 2 is 2.12 bits per heavy atom. The van der Waals surface area contributed by atoms with Crippen LogP contribution in [0.15, 0.2) is 12.1 Å². The Morgan fingerprint density at radius 1 is 1.33 bits per heavy atom. The van der Waals surface area contributed by atoms with Gasteiger partial charge in [-0.1, -0.05) is 6.07 Å². The summed E-state index contributed by atoms with van der Waals surface area (Å²) in [5, 5.41) is 5.52. The molecule has 0 saturated carbocycles. The molecule has 24 heavy (non-hydrogen) atoms. The number of hydrogen-bond acceptors (Lipinski definition) is 3. The van der Waals surface area contributed by atoms with Crippen molar-refractivity contribution < 1.29 is 23.1 Å². The van der Waals surface area contributed by atoms with E-state index >= 15 is 0 Å². The van der Waals surface area contributed by atoms with Crippen LogP contribution < -0.4 is 10.6 Å². The van der Waals surface area contributed by atoms with E-state index in [4.69, 9.17) is 4.74 Å². The Labute approximate surface area is 138 Å². The van der Waals surface area contributed by atoms with Crippen LogP contribution in [0, 0.1) is 18.6 Å². The first-order valence-electron chi connectivity index (χ1n) is 8.14. The Kier molecular flexibility index (Phi) is 4.80. The second-order valence-electron chi connectivity index (χ2n) is 6.32. The first kappa shape index (κ1) is 16.8. The van der Waals surface area contributed by atoms with Crippen LogP contribution in [0.4, 0.5) is 8.78 Å². The second kappa shape index (κ2) is 6.84. The van der Waals surface area contributed by atoms with Gasteiger partial charge in [0.1, 0.15) is 17.2 Å². The van der Waals surface area contributed by atoms with E-state index in [1.807, 2.05) is 0 Å². The van der Waals surface area contributed by atoms with Gasteiger partial charge in [0.25, 0.3) is 5.91 Å². The molecule has 2 amide bonds. The van der Waals surface area contributed by atoms with E-state index in [2.05, 4.69) is 10.6 Å². The predicted molar refractivity (Wildman–Crippen MR) is 82.5 cm³/mol. The fourth-order valence-corrected chi connectivity index (χ4v) is 3.33. The highest BCUT2D eigenvalue weighted by molar-refractivity contribution is 5.95. The van der Waals surface area contributed by atoms with Crippen LogP contribution in [-0.4, -0.2) is 36.6 Å². The molecule has 0 bridgehead atoms. The monoisotopic (exact) mass is 338 g/mol. The average molecular weight is 338 g/mol. The van der Waals surface area contributed by atoms with E-state index in [-0.39, 0.29) is 30.0 Å². The molecule has 0 unspecified atom stereocenters. The average Bonchev–Trinajstić information content (AvgIpc) is 3.07. The van der Waals surface area contributed by atoms with Crippen molar-refractivity contribution in [2.45, 2.75) is 50.8 Å². The predicted octanol–water partition coefficient (Wildman–Crippen LogP) is 1.83. The Balaban J connectivity index is 1.79. The number of halogens is 2. The van der Waals surface area contributed by atoms with Gasteiger partial charge in [-0.05, 0) is 37.8 Å². The quantitative estimate of drug-likeness (QED) is 0.884. The van der Waals surface area contributed by atoms with Crippen molar-refractivity contribution in [1.82, 2.24) is 10.6 Å². The molecule has 2 heterocycles. The highest BCUT2D eigenvalue weighted by Gasteiger charge is 2.38. The summed E-state index contributed by atoms with van der Waals surface area (Å²) in [6.07, 6.45) is 2.15. The lowest BCUT2D eigenvalue weighted by Crippen LogP contribution is -2.60. The molecule has 2 aliphatic heterocycles. The summed E-state index contributed by atoms with van der Waals surface area (Å²) in [6, 6.07) is 1.57. The van der Waals surface area contributed by atoms with E-state index in [0.29, 0.717) is 13.0 Å². The molecule has 0 aromatic heterocycles. The summed E-state index contributed by atoms with van der Waals surface area (Å²) in [6.45, 7) is 2.08. The maximum Gasteiger partial charge on any atom is 0.257 e. The Hall–Kier alpha value is -2.02. The smallest absolute Gasteiger partial charge is 0.257 e. The number of nitrogens with one attached hydrogen (secondary N) is 2. The van der Waals surface area contributed by atoms with Gasteiger partial charge in [0.05, 0.1) is 18.2 Å². The maximum absolute atomic E-state index is 14.1. The number of ether oxygens (including phenoxy) is 1. The minimum atomic E-state index is -0.899. The molecule has 5 nitrogen and oxygen atoms in total. The molecule has 0 aliphatic carbocycles. The van der Waals surface area contributed by atoms with Crippen LogP contribution in [0.5, 0.6) is 0 Å². The molecule has 2 N–H and O–H groups in total. The third-order valence-corrected chi connectivity index (χ3v) is 4.64. The molecule has 2 aliphatic rings. The third-order valence-electron chi connectivity index (χ3n) is 4.64. The highest BCUT2D eigenvalue weighted by atomic mass is 19.1. The normalized spacial score (nSPS) is 27.0. The molecular weight excluding hydrogens is 318 g/mol. The molecule has 3 atom stereocenters. The lowest BCUT2D eigenvalue weighted by molar-refractivity contribution is -0.125. The fourth-order valence-electron chi connectivity index (χ4n) is 3.33. The zero-order valence-corrected chi connectivity index (χ0v) is 13.4. The van der Waals surface area contributed by atoms with Gasteiger partial charge in [-0.2, -0.15) is 0 Å². The molecular formula is C17H20F2N2O3. The topological polar surface area (TPSA) is 67.4 Å². The van der Waals surface area contributed by atoms with Crippen LogP contribution in [-0.2, 0) is 9.53 Å². The molecule has 2 fully saturated rings.